The lowest BCUT2D eigenvalue weighted by Gasteiger charge is -2.26. The van der Waals surface area contributed by atoms with Crippen molar-refractivity contribution in [3.8, 4) is 0 Å². The van der Waals surface area contributed by atoms with Gasteiger partial charge in [-0.3, -0.25) is 14.5 Å². The Morgan fingerprint density at radius 1 is 1.27 bits per heavy atom. The maximum Gasteiger partial charge on any atom is 0.277 e. The normalized spacial score (nSPS) is 14.6. The summed E-state index contributed by atoms with van der Waals surface area (Å²) in [5, 5.41) is 2.85. The Bertz CT molecular complexity index is 927. The standard InChI is InChI=1S/C20H21BrF2IN3O3/c1-12-10-13(24)2-3-16(12)25-19-14(11-15(21)17(22)18(19)23)20(28)26-30-9-6-27-4-7-29-8-5-27/h2-3,10-11,25H,4-9H2,1H3,(H,26,28). The Hall–Kier alpha value is -1.34. The molecule has 6 nitrogen and oxygen atoms in total. The molecular formula is C20H21BrF2IN3O3. The highest BCUT2D eigenvalue weighted by molar-refractivity contribution is 14.1. The third-order valence-corrected chi connectivity index (χ3v) is 5.88. The van der Waals surface area contributed by atoms with Crippen LogP contribution < -0.4 is 10.8 Å². The summed E-state index contributed by atoms with van der Waals surface area (Å²) in [4.78, 5) is 20.1. The van der Waals surface area contributed by atoms with Gasteiger partial charge in [0.2, 0.25) is 0 Å². The zero-order chi connectivity index (χ0) is 21.7. The van der Waals surface area contributed by atoms with Gasteiger partial charge >= 0.3 is 0 Å². The number of morpholine rings is 1. The van der Waals surface area contributed by atoms with E-state index in [2.05, 4.69) is 54.2 Å². The van der Waals surface area contributed by atoms with E-state index in [1.807, 2.05) is 19.1 Å². The molecule has 0 unspecified atom stereocenters. The topological polar surface area (TPSA) is 62.8 Å². The van der Waals surface area contributed by atoms with Crippen LogP contribution in [0.2, 0.25) is 0 Å². The number of ether oxygens (including phenoxy) is 1. The van der Waals surface area contributed by atoms with E-state index in [-0.39, 0.29) is 22.3 Å². The molecular weight excluding hydrogens is 575 g/mol. The van der Waals surface area contributed by atoms with Gasteiger partial charge in [-0.25, -0.2) is 14.3 Å². The maximum absolute atomic E-state index is 14.7. The Balaban J connectivity index is 1.73. The van der Waals surface area contributed by atoms with Gasteiger partial charge in [-0.1, -0.05) is 0 Å². The smallest absolute Gasteiger partial charge is 0.277 e. The quantitative estimate of drug-likeness (QED) is 0.215. The number of rotatable bonds is 7. The number of anilines is 2. The second-order valence-electron chi connectivity index (χ2n) is 6.73. The van der Waals surface area contributed by atoms with E-state index in [9.17, 15) is 13.6 Å². The molecule has 30 heavy (non-hydrogen) atoms. The SMILES string of the molecule is Cc1cc(I)ccc1Nc1c(C(=O)NOCCN2CCOCC2)cc(Br)c(F)c1F. The van der Waals surface area contributed by atoms with Gasteiger partial charge in [0.15, 0.2) is 11.6 Å². The molecule has 0 spiro atoms. The molecule has 2 aromatic carbocycles. The van der Waals surface area contributed by atoms with Crippen LogP contribution in [0.1, 0.15) is 15.9 Å². The van der Waals surface area contributed by atoms with Gasteiger partial charge in [-0.2, -0.15) is 0 Å². The number of amides is 1. The molecule has 2 aromatic rings. The van der Waals surface area contributed by atoms with Crippen molar-refractivity contribution in [3.05, 3.63) is 55.1 Å². The first-order chi connectivity index (χ1) is 14.4. The van der Waals surface area contributed by atoms with Crippen LogP contribution in [-0.2, 0) is 9.57 Å². The number of hydroxylamine groups is 1. The number of aryl methyl sites for hydroxylation is 1. The van der Waals surface area contributed by atoms with Crippen molar-refractivity contribution in [2.24, 2.45) is 0 Å². The number of halogens is 4. The predicted molar refractivity (Wildman–Crippen MR) is 122 cm³/mol. The van der Waals surface area contributed by atoms with Crippen LogP contribution in [0.15, 0.2) is 28.7 Å². The second-order valence-corrected chi connectivity index (χ2v) is 8.83. The van der Waals surface area contributed by atoms with E-state index in [1.165, 1.54) is 6.07 Å². The van der Waals surface area contributed by atoms with Crippen molar-refractivity contribution < 1.29 is 23.1 Å². The largest absolute Gasteiger partial charge is 0.379 e. The zero-order valence-electron chi connectivity index (χ0n) is 16.2. The van der Waals surface area contributed by atoms with Crippen molar-refractivity contribution in [2.45, 2.75) is 6.92 Å². The highest BCUT2D eigenvalue weighted by Crippen LogP contribution is 2.32. The Morgan fingerprint density at radius 3 is 2.70 bits per heavy atom. The van der Waals surface area contributed by atoms with Crippen molar-refractivity contribution >= 4 is 55.8 Å². The fourth-order valence-corrected chi connectivity index (χ4v) is 4.02. The van der Waals surface area contributed by atoms with Crippen molar-refractivity contribution in [2.75, 3.05) is 44.8 Å². The minimum Gasteiger partial charge on any atom is -0.379 e. The predicted octanol–water partition coefficient (Wildman–Crippen LogP) is 4.38. The van der Waals surface area contributed by atoms with Crippen LogP contribution in [0.3, 0.4) is 0 Å². The third kappa shape index (κ3) is 5.88. The summed E-state index contributed by atoms with van der Waals surface area (Å²) in [7, 11) is 0. The Morgan fingerprint density at radius 2 is 2.00 bits per heavy atom. The van der Waals surface area contributed by atoms with Crippen LogP contribution in [0.4, 0.5) is 20.2 Å². The van der Waals surface area contributed by atoms with Crippen LogP contribution >= 0.6 is 38.5 Å². The van der Waals surface area contributed by atoms with Crippen LogP contribution in [0.25, 0.3) is 0 Å². The van der Waals surface area contributed by atoms with Gasteiger partial charge in [0.25, 0.3) is 5.91 Å². The monoisotopic (exact) mass is 595 g/mol. The van der Waals surface area contributed by atoms with Crippen LogP contribution in [-0.4, -0.2) is 50.3 Å². The van der Waals surface area contributed by atoms with E-state index in [0.29, 0.717) is 25.4 Å². The lowest BCUT2D eigenvalue weighted by molar-refractivity contribution is -0.00175. The van der Waals surface area contributed by atoms with Gasteiger partial charge in [0.05, 0.1) is 35.5 Å². The van der Waals surface area contributed by atoms with E-state index in [4.69, 9.17) is 9.57 Å². The number of carbonyl (C=O) groups is 1. The molecule has 10 heteroatoms. The first-order valence-corrected chi connectivity index (χ1v) is 11.2. The molecule has 0 radical (unpaired) electrons. The highest BCUT2D eigenvalue weighted by atomic mass is 127. The zero-order valence-corrected chi connectivity index (χ0v) is 20.0. The molecule has 0 aliphatic carbocycles. The van der Waals surface area contributed by atoms with E-state index in [0.717, 1.165) is 22.2 Å². The molecule has 1 heterocycles. The summed E-state index contributed by atoms with van der Waals surface area (Å²) in [6.45, 7) is 5.66. The number of benzene rings is 2. The summed E-state index contributed by atoms with van der Waals surface area (Å²) in [5.74, 6) is -2.91. The minimum absolute atomic E-state index is 0.0786. The lowest BCUT2D eigenvalue weighted by atomic mass is 10.1. The minimum atomic E-state index is -1.15. The van der Waals surface area contributed by atoms with E-state index in [1.54, 1.807) is 6.07 Å². The molecule has 1 aliphatic rings. The number of nitrogens with zero attached hydrogens (tertiary/aromatic N) is 1. The first-order valence-electron chi connectivity index (χ1n) is 9.29. The number of carbonyl (C=O) groups excluding carboxylic acids is 1. The molecule has 2 N–H and O–H groups in total. The Labute approximate surface area is 195 Å². The van der Waals surface area contributed by atoms with Crippen LogP contribution in [0.5, 0.6) is 0 Å². The summed E-state index contributed by atoms with van der Waals surface area (Å²) >= 11 is 5.12. The fraction of sp³-hybridized carbons (Fsp3) is 0.350. The van der Waals surface area contributed by atoms with Gasteiger partial charge in [-0.05, 0) is 75.3 Å². The average Bonchev–Trinajstić information content (AvgIpc) is 2.73. The highest BCUT2D eigenvalue weighted by Gasteiger charge is 2.23. The second kappa shape index (κ2) is 10.8. The fourth-order valence-electron chi connectivity index (χ4n) is 2.97. The average molecular weight is 596 g/mol. The number of hydrogen-bond acceptors (Lipinski definition) is 5. The summed E-state index contributed by atoms with van der Waals surface area (Å²) in [5.41, 5.74) is 3.38. The van der Waals surface area contributed by atoms with E-state index >= 15 is 0 Å². The molecule has 1 amide bonds. The number of hydrogen-bond donors (Lipinski definition) is 2. The van der Waals surface area contributed by atoms with Crippen molar-refractivity contribution in [3.63, 3.8) is 0 Å². The molecule has 1 aliphatic heterocycles. The van der Waals surface area contributed by atoms with Gasteiger partial charge in [-0.15, -0.1) is 0 Å². The summed E-state index contributed by atoms with van der Waals surface area (Å²) in [6.07, 6.45) is 0. The molecule has 0 saturated carbocycles. The van der Waals surface area contributed by atoms with Crippen molar-refractivity contribution in [1.82, 2.24) is 10.4 Å². The van der Waals surface area contributed by atoms with Crippen molar-refractivity contribution in [1.29, 1.82) is 0 Å². The molecule has 0 atom stereocenters. The molecule has 3 rings (SSSR count). The lowest BCUT2D eigenvalue weighted by Crippen LogP contribution is -2.39. The molecule has 1 fully saturated rings. The van der Waals surface area contributed by atoms with Crippen LogP contribution in [0, 0.1) is 22.1 Å². The summed E-state index contributed by atoms with van der Waals surface area (Å²) in [6, 6.07) is 6.70. The van der Waals surface area contributed by atoms with Gasteiger partial charge in [0.1, 0.15) is 0 Å². The summed E-state index contributed by atoms with van der Waals surface area (Å²) < 4.78 is 35.0. The Kier molecular flexibility index (Phi) is 8.40. The molecule has 1 saturated heterocycles. The molecule has 0 bridgehead atoms. The molecule has 0 aromatic heterocycles. The molecule has 162 valence electrons. The maximum atomic E-state index is 14.7. The third-order valence-electron chi connectivity index (χ3n) is 4.63. The van der Waals surface area contributed by atoms with E-state index < -0.39 is 17.5 Å². The first kappa shape index (κ1) is 23.3. The van der Waals surface area contributed by atoms with Gasteiger partial charge in [0, 0.05) is 28.9 Å². The van der Waals surface area contributed by atoms with Gasteiger partial charge < -0.3 is 10.1 Å². The number of nitrogens with one attached hydrogen (secondary N) is 2.